The first-order valence-electron chi connectivity index (χ1n) is 6.23. The highest BCUT2D eigenvalue weighted by Crippen LogP contribution is 2.21. The molecule has 0 bridgehead atoms. The zero-order chi connectivity index (χ0) is 13.0. The molecule has 1 aliphatic rings. The molecular formula is C13H18N2O3. The summed E-state index contributed by atoms with van der Waals surface area (Å²) in [5, 5.41) is 14.0. The standard InChI is InChI=1S/C13H18N2O3/c1-10-5-12(7-13(6-10)15(16)17)14-8-11-3-2-4-18-9-11/h5-7,11,14H,2-4,8-9H2,1H3. The van der Waals surface area contributed by atoms with E-state index in [1.807, 2.05) is 13.0 Å². The lowest BCUT2D eigenvalue weighted by atomic mass is 10.0. The molecule has 1 aliphatic heterocycles. The van der Waals surface area contributed by atoms with Crippen LogP contribution in [0.1, 0.15) is 18.4 Å². The monoisotopic (exact) mass is 250 g/mol. The summed E-state index contributed by atoms with van der Waals surface area (Å²) in [4.78, 5) is 10.4. The fraction of sp³-hybridized carbons (Fsp3) is 0.538. The third kappa shape index (κ3) is 3.43. The number of hydrogen-bond donors (Lipinski definition) is 1. The molecule has 1 aromatic carbocycles. The van der Waals surface area contributed by atoms with Crippen LogP contribution in [-0.2, 0) is 4.74 Å². The molecule has 0 aromatic heterocycles. The van der Waals surface area contributed by atoms with Gasteiger partial charge in [-0.05, 0) is 37.3 Å². The Hall–Kier alpha value is -1.62. The van der Waals surface area contributed by atoms with E-state index in [4.69, 9.17) is 4.74 Å². The SMILES string of the molecule is Cc1cc(NCC2CCCOC2)cc([N+](=O)[O-])c1. The molecule has 1 heterocycles. The minimum Gasteiger partial charge on any atom is -0.384 e. The molecule has 5 heteroatoms. The lowest BCUT2D eigenvalue weighted by Gasteiger charge is -2.22. The summed E-state index contributed by atoms with van der Waals surface area (Å²) in [6, 6.07) is 5.09. The zero-order valence-corrected chi connectivity index (χ0v) is 10.5. The van der Waals surface area contributed by atoms with E-state index in [2.05, 4.69) is 5.32 Å². The van der Waals surface area contributed by atoms with E-state index in [9.17, 15) is 10.1 Å². The van der Waals surface area contributed by atoms with Crippen molar-refractivity contribution in [1.29, 1.82) is 0 Å². The first-order valence-corrected chi connectivity index (χ1v) is 6.23. The highest BCUT2D eigenvalue weighted by atomic mass is 16.6. The number of nitrogens with zero attached hydrogens (tertiary/aromatic N) is 1. The predicted molar refractivity (Wildman–Crippen MR) is 69.9 cm³/mol. The van der Waals surface area contributed by atoms with Crippen LogP contribution in [0.15, 0.2) is 18.2 Å². The Bertz CT molecular complexity index is 428. The Labute approximate surface area is 106 Å². The zero-order valence-electron chi connectivity index (χ0n) is 10.5. The third-order valence-electron chi connectivity index (χ3n) is 3.12. The lowest BCUT2D eigenvalue weighted by molar-refractivity contribution is -0.384. The second-order valence-corrected chi connectivity index (χ2v) is 4.78. The van der Waals surface area contributed by atoms with Crippen molar-refractivity contribution in [2.75, 3.05) is 25.1 Å². The number of nitro groups is 1. The van der Waals surface area contributed by atoms with E-state index < -0.39 is 0 Å². The Kier molecular flexibility index (Phi) is 4.15. The van der Waals surface area contributed by atoms with Crippen molar-refractivity contribution in [2.24, 2.45) is 5.92 Å². The second-order valence-electron chi connectivity index (χ2n) is 4.78. The molecular weight excluding hydrogens is 232 g/mol. The maximum Gasteiger partial charge on any atom is 0.271 e. The molecule has 1 saturated heterocycles. The van der Waals surface area contributed by atoms with Gasteiger partial charge in [-0.2, -0.15) is 0 Å². The molecule has 1 atom stereocenters. The van der Waals surface area contributed by atoms with Gasteiger partial charge >= 0.3 is 0 Å². The Morgan fingerprint density at radius 2 is 2.33 bits per heavy atom. The van der Waals surface area contributed by atoms with E-state index in [0.717, 1.165) is 43.9 Å². The van der Waals surface area contributed by atoms with Gasteiger partial charge < -0.3 is 10.1 Å². The van der Waals surface area contributed by atoms with Crippen LogP contribution in [0.2, 0.25) is 0 Å². The Morgan fingerprint density at radius 3 is 3.00 bits per heavy atom. The van der Waals surface area contributed by atoms with Crippen molar-refractivity contribution in [3.8, 4) is 0 Å². The van der Waals surface area contributed by atoms with Crippen LogP contribution >= 0.6 is 0 Å². The van der Waals surface area contributed by atoms with E-state index in [-0.39, 0.29) is 10.6 Å². The lowest BCUT2D eigenvalue weighted by Crippen LogP contribution is -2.24. The fourth-order valence-corrected chi connectivity index (χ4v) is 2.20. The number of hydrogen-bond acceptors (Lipinski definition) is 4. The Morgan fingerprint density at radius 1 is 1.50 bits per heavy atom. The summed E-state index contributed by atoms with van der Waals surface area (Å²) >= 11 is 0. The normalized spacial score (nSPS) is 19.5. The van der Waals surface area contributed by atoms with Crippen LogP contribution in [0.3, 0.4) is 0 Å². The first kappa shape index (κ1) is 12.8. The molecule has 1 fully saturated rings. The van der Waals surface area contributed by atoms with Crippen LogP contribution < -0.4 is 5.32 Å². The number of non-ortho nitro benzene ring substituents is 1. The van der Waals surface area contributed by atoms with Crippen molar-refractivity contribution >= 4 is 11.4 Å². The van der Waals surface area contributed by atoms with Crippen molar-refractivity contribution in [3.05, 3.63) is 33.9 Å². The van der Waals surface area contributed by atoms with Crippen molar-refractivity contribution in [2.45, 2.75) is 19.8 Å². The fourth-order valence-electron chi connectivity index (χ4n) is 2.20. The number of aryl methyl sites for hydroxylation is 1. The van der Waals surface area contributed by atoms with Crippen molar-refractivity contribution in [1.82, 2.24) is 0 Å². The number of nitro benzene ring substituents is 1. The van der Waals surface area contributed by atoms with Gasteiger partial charge in [0.2, 0.25) is 0 Å². The minimum absolute atomic E-state index is 0.136. The molecule has 0 amide bonds. The van der Waals surface area contributed by atoms with E-state index in [1.54, 1.807) is 12.1 Å². The molecule has 98 valence electrons. The van der Waals surface area contributed by atoms with Gasteiger partial charge in [-0.3, -0.25) is 10.1 Å². The van der Waals surface area contributed by atoms with E-state index >= 15 is 0 Å². The molecule has 18 heavy (non-hydrogen) atoms. The topological polar surface area (TPSA) is 64.4 Å². The Balaban J connectivity index is 1.97. The number of nitrogens with one attached hydrogen (secondary N) is 1. The molecule has 1 N–H and O–H groups in total. The highest BCUT2D eigenvalue weighted by Gasteiger charge is 2.14. The summed E-state index contributed by atoms with van der Waals surface area (Å²) < 4.78 is 5.41. The smallest absolute Gasteiger partial charge is 0.271 e. The minimum atomic E-state index is -0.359. The number of rotatable bonds is 4. The highest BCUT2D eigenvalue weighted by molar-refractivity contribution is 5.53. The molecule has 0 aliphatic carbocycles. The molecule has 1 unspecified atom stereocenters. The summed E-state index contributed by atoms with van der Waals surface area (Å²) in [5.74, 6) is 0.498. The summed E-state index contributed by atoms with van der Waals surface area (Å²) in [7, 11) is 0. The summed E-state index contributed by atoms with van der Waals surface area (Å²) in [6.07, 6.45) is 2.25. The van der Waals surface area contributed by atoms with Crippen LogP contribution in [0, 0.1) is 23.0 Å². The van der Waals surface area contributed by atoms with Crippen LogP contribution in [0.4, 0.5) is 11.4 Å². The van der Waals surface area contributed by atoms with Gasteiger partial charge in [0.25, 0.3) is 5.69 Å². The molecule has 0 saturated carbocycles. The number of ether oxygens (including phenoxy) is 1. The van der Waals surface area contributed by atoms with Gasteiger partial charge in [-0.25, -0.2) is 0 Å². The second kappa shape index (κ2) is 5.82. The van der Waals surface area contributed by atoms with Gasteiger partial charge in [-0.15, -0.1) is 0 Å². The van der Waals surface area contributed by atoms with Gasteiger partial charge in [0.05, 0.1) is 11.5 Å². The van der Waals surface area contributed by atoms with Gasteiger partial charge in [0, 0.05) is 31.0 Å². The van der Waals surface area contributed by atoms with Crippen LogP contribution in [0.25, 0.3) is 0 Å². The molecule has 5 nitrogen and oxygen atoms in total. The van der Waals surface area contributed by atoms with Crippen molar-refractivity contribution in [3.63, 3.8) is 0 Å². The molecule has 2 rings (SSSR count). The summed E-state index contributed by atoms with van der Waals surface area (Å²) in [5.41, 5.74) is 1.84. The molecule has 0 spiro atoms. The first-order chi connectivity index (χ1) is 8.65. The average molecular weight is 250 g/mol. The van der Waals surface area contributed by atoms with Crippen LogP contribution in [0.5, 0.6) is 0 Å². The van der Waals surface area contributed by atoms with E-state index in [0.29, 0.717) is 5.92 Å². The molecule has 1 aromatic rings. The quantitative estimate of drug-likeness (QED) is 0.659. The maximum atomic E-state index is 10.8. The maximum absolute atomic E-state index is 10.8. The van der Waals surface area contributed by atoms with Gasteiger partial charge in [0.15, 0.2) is 0 Å². The van der Waals surface area contributed by atoms with Crippen molar-refractivity contribution < 1.29 is 9.66 Å². The number of anilines is 1. The van der Waals surface area contributed by atoms with E-state index in [1.165, 1.54) is 0 Å². The van der Waals surface area contributed by atoms with Gasteiger partial charge in [-0.1, -0.05) is 0 Å². The average Bonchev–Trinajstić information content (AvgIpc) is 2.37. The molecule has 0 radical (unpaired) electrons. The third-order valence-corrected chi connectivity index (χ3v) is 3.12. The largest absolute Gasteiger partial charge is 0.384 e. The van der Waals surface area contributed by atoms with Crippen LogP contribution in [-0.4, -0.2) is 24.7 Å². The van der Waals surface area contributed by atoms with Gasteiger partial charge in [0.1, 0.15) is 0 Å². The predicted octanol–water partition coefficient (Wildman–Crippen LogP) is 2.74. The summed E-state index contributed by atoms with van der Waals surface area (Å²) in [6.45, 7) is 4.30. The number of benzene rings is 1.